The van der Waals surface area contributed by atoms with Gasteiger partial charge in [-0.2, -0.15) is 0 Å². The Labute approximate surface area is 148 Å². The Morgan fingerprint density at radius 3 is 2.58 bits per heavy atom. The zero-order valence-electron chi connectivity index (χ0n) is 13.4. The van der Waals surface area contributed by atoms with Crippen LogP contribution in [0, 0.1) is 0 Å². The summed E-state index contributed by atoms with van der Waals surface area (Å²) in [5, 5.41) is 0. The zero-order chi connectivity index (χ0) is 15.4. The number of nitrogen functional groups attached to an aromatic ring is 1. The molecule has 3 heterocycles. The van der Waals surface area contributed by atoms with Crippen molar-refractivity contribution < 1.29 is 0 Å². The summed E-state index contributed by atoms with van der Waals surface area (Å²) in [6.45, 7) is 3.03. The van der Waals surface area contributed by atoms with Gasteiger partial charge < -0.3 is 15.5 Å². The molecular formula is C19H21ClN4. The number of nitrogens with two attached hydrogens (primary N) is 1. The fourth-order valence-electron chi connectivity index (χ4n) is 4.38. The molecule has 0 spiro atoms. The molecule has 5 rings (SSSR count). The third kappa shape index (κ3) is 2.09. The van der Waals surface area contributed by atoms with Gasteiger partial charge in [0.25, 0.3) is 0 Å². The number of amidine groups is 1. The van der Waals surface area contributed by atoms with Crippen molar-refractivity contribution in [2.24, 2.45) is 4.99 Å². The largest absolute Gasteiger partial charge is 0.399 e. The number of benzene rings is 2. The lowest BCUT2D eigenvalue weighted by molar-refractivity contribution is 0.311. The van der Waals surface area contributed by atoms with Gasteiger partial charge in [-0.05, 0) is 36.2 Å². The first-order valence-corrected chi connectivity index (χ1v) is 8.35. The Hall–Kier alpha value is -2.20. The van der Waals surface area contributed by atoms with Gasteiger partial charge in [0, 0.05) is 35.9 Å². The molecule has 2 N–H and O–H groups in total. The van der Waals surface area contributed by atoms with E-state index in [1.807, 2.05) is 12.1 Å². The van der Waals surface area contributed by atoms with Crippen LogP contribution in [0.2, 0.25) is 0 Å². The molecule has 0 saturated carbocycles. The lowest BCUT2D eigenvalue weighted by atomic mass is 9.93. The number of anilines is 2. The van der Waals surface area contributed by atoms with Crippen LogP contribution in [-0.2, 0) is 0 Å². The second kappa shape index (κ2) is 5.71. The standard InChI is InChI=1S/C19H20N4.ClH/c20-14-7-5-13(6-8-14)15-9-11-22-17-4-2-1-3-16(17)18-21-10-12-23(18)19(15)22;/h1-8,15,19H,9-12,20H2;1H. The van der Waals surface area contributed by atoms with Gasteiger partial charge in [-0.1, -0.05) is 24.3 Å². The van der Waals surface area contributed by atoms with E-state index in [1.165, 1.54) is 29.1 Å². The summed E-state index contributed by atoms with van der Waals surface area (Å²) in [5.41, 5.74) is 10.7. The Balaban J connectivity index is 0.00000146. The molecule has 0 bridgehead atoms. The molecule has 1 fully saturated rings. The van der Waals surface area contributed by atoms with Crippen LogP contribution in [0.3, 0.4) is 0 Å². The molecule has 2 atom stereocenters. The minimum Gasteiger partial charge on any atom is -0.399 e. The number of para-hydroxylation sites is 1. The van der Waals surface area contributed by atoms with E-state index in [2.05, 4.69) is 46.2 Å². The van der Waals surface area contributed by atoms with Crippen LogP contribution in [0.5, 0.6) is 0 Å². The number of rotatable bonds is 1. The van der Waals surface area contributed by atoms with Gasteiger partial charge in [0.2, 0.25) is 0 Å². The topological polar surface area (TPSA) is 44.9 Å². The summed E-state index contributed by atoms with van der Waals surface area (Å²) in [6, 6.07) is 17.1. The van der Waals surface area contributed by atoms with E-state index in [0.29, 0.717) is 12.1 Å². The van der Waals surface area contributed by atoms with Gasteiger partial charge in [0.05, 0.1) is 6.54 Å². The van der Waals surface area contributed by atoms with Crippen LogP contribution in [-0.4, -0.2) is 36.5 Å². The van der Waals surface area contributed by atoms with E-state index in [-0.39, 0.29) is 12.4 Å². The Morgan fingerprint density at radius 2 is 1.75 bits per heavy atom. The SMILES string of the molecule is Cl.Nc1ccc(C2CCN3c4ccccc4C4=NCCN4C23)cc1. The summed E-state index contributed by atoms with van der Waals surface area (Å²) in [5.74, 6) is 1.69. The monoisotopic (exact) mass is 340 g/mol. The smallest absolute Gasteiger partial charge is 0.134 e. The van der Waals surface area contributed by atoms with Crippen LogP contribution in [0.25, 0.3) is 0 Å². The third-order valence-corrected chi connectivity index (χ3v) is 5.37. The first-order valence-electron chi connectivity index (χ1n) is 8.35. The first-order chi connectivity index (χ1) is 11.3. The van der Waals surface area contributed by atoms with Crippen LogP contribution in [0.4, 0.5) is 11.4 Å². The molecule has 2 unspecified atom stereocenters. The quantitative estimate of drug-likeness (QED) is 0.811. The van der Waals surface area contributed by atoms with Gasteiger partial charge in [0.15, 0.2) is 0 Å². The van der Waals surface area contributed by atoms with Crippen molar-refractivity contribution in [3.63, 3.8) is 0 Å². The van der Waals surface area contributed by atoms with Gasteiger partial charge >= 0.3 is 0 Å². The predicted octanol–water partition coefficient (Wildman–Crippen LogP) is 3.09. The number of aliphatic imine (C=N–C) groups is 1. The maximum absolute atomic E-state index is 5.87. The average molecular weight is 341 g/mol. The highest BCUT2D eigenvalue weighted by Gasteiger charge is 2.45. The van der Waals surface area contributed by atoms with E-state index in [9.17, 15) is 0 Å². The van der Waals surface area contributed by atoms with Crippen molar-refractivity contribution in [3.05, 3.63) is 59.7 Å². The summed E-state index contributed by atoms with van der Waals surface area (Å²) in [6.07, 6.45) is 1.56. The molecule has 0 aliphatic carbocycles. The lowest BCUT2D eigenvalue weighted by Crippen LogP contribution is -2.53. The number of hydrogen-bond acceptors (Lipinski definition) is 4. The molecule has 5 heteroatoms. The maximum Gasteiger partial charge on any atom is 0.134 e. The minimum atomic E-state index is 0. The van der Waals surface area contributed by atoms with Crippen LogP contribution >= 0.6 is 12.4 Å². The third-order valence-electron chi connectivity index (χ3n) is 5.37. The van der Waals surface area contributed by atoms with Crippen molar-refractivity contribution in [3.8, 4) is 0 Å². The van der Waals surface area contributed by atoms with E-state index in [4.69, 9.17) is 10.7 Å². The molecule has 4 nitrogen and oxygen atoms in total. The maximum atomic E-state index is 5.87. The normalized spacial score (nSPS) is 23.9. The molecule has 1 saturated heterocycles. The van der Waals surface area contributed by atoms with Gasteiger partial charge in [-0.15, -0.1) is 12.4 Å². The minimum absolute atomic E-state index is 0. The fraction of sp³-hybridized carbons (Fsp3) is 0.316. The van der Waals surface area contributed by atoms with Gasteiger partial charge in [0.1, 0.15) is 12.0 Å². The highest BCUT2D eigenvalue weighted by Crippen LogP contribution is 2.44. The van der Waals surface area contributed by atoms with Crippen LogP contribution in [0.15, 0.2) is 53.5 Å². The molecule has 2 aromatic carbocycles. The second-order valence-electron chi connectivity index (χ2n) is 6.58. The van der Waals surface area contributed by atoms with Gasteiger partial charge in [-0.25, -0.2) is 0 Å². The van der Waals surface area contributed by atoms with Crippen molar-refractivity contribution in [2.75, 3.05) is 30.3 Å². The Kier molecular flexibility index (Phi) is 3.65. The fourth-order valence-corrected chi connectivity index (χ4v) is 4.38. The van der Waals surface area contributed by atoms with Gasteiger partial charge in [-0.3, -0.25) is 4.99 Å². The zero-order valence-corrected chi connectivity index (χ0v) is 14.2. The molecular weight excluding hydrogens is 320 g/mol. The number of halogens is 1. The summed E-state index contributed by atoms with van der Waals surface area (Å²) >= 11 is 0. The van der Waals surface area contributed by atoms with E-state index >= 15 is 0 Å². The number of nitrogens with zero attached hydrogens (tertiary/aromatic N) is 3. The molecule has 24 heavy (non-hydrogen) atoms. The number of hydrogen-bond donors (Lipinski definition) is 1. The van der Waals surface area contributed by atoms with Crippen LogP contribution < -0.4 is 10.6 Å². The molecule has 3 aliphatic rings. The summed E-state index contributed by atoms with van der Waals surface area (Å²) in [7, 11) is 0. The highest BCUT2D eigenvalue weighted by molar-refractivity contribution is 6.06. The van der Waals surface area contributed by atoms with Crippen molar-refractivity contribution in [2.45, 2.75) is 18.5 Å². The highest BCUT2D eigenvalue weighted by atomic mass is 35.5. The van der Waals surface area contributed by atoms with Crippen molar-refractivity contribution in [1.82, 2.24) is 4.90 Å². The Bertz CT molecular complexity index is 786. The lowest BCUT2D eigenvalue weighted by Gasteiger charge is -2.43. The molecule has 2 aromatic rings. The van der Waals surface area contributed by atoms with E-state index in [0.717, 1.165) is 25.3 Å². The average Bonchev–Trinajstić information content (AvgIpc) is 3.22. The van der Waals surface area contributed by atoms with E-state index < -0.39 is 0 Å². The first kappa shape index (κ1) is 15.3. The molecule has 0 aromatic heterocycles. The predicted molar refractivity (Wildman–Crippen MR) is 101 cm³/mol. The number of fused-ring (bicyclic) bond motifs is 6. The Morgan fingerprint density at radius 1 is 0.958 bits per heavy atom. The molecule has 3 aliphatic heterocycles. The molecule has 0 amide bonds. The van der Waals surface area contributed by atoms with Crippen molar-refractivity contribution >= 4 is 29.6 Å². The molecule has 0 radical (unpaired) electrons. The molecule has 124 valence electrons. The van der Waals surface area contributed by atoms with Crippen molar-refractivity contribution in [1.29, 1.82) is 0 Å². The van der Waals surface area contributed by atoms with Crippen LogP contribution in [0.1, 0.15) is 23.5 Å². The second-order valence-corrected chi connectivity index (χ2v) is 6.58. The van der Waals surface area contributed by atoms with E-state index in [1.54, 1.807) is 0 Å². The summed E-state index contributed by atoms with van der Waals surface area (Å²) in [4.78, 5) is 9.88. The summed E-state index contributed by atoms with van der Waals surface area (Å²) < 4.78 is 0.